The summed E-state index contributed by atoms with van der Waals surface area (Å²) in [5.74, 6) is 0. The van der Waals surface area contributed by atoms with Gasteiger partial charge in [-0.3, -0.25) is 4.90 Å². The molecule has 1 nitrogen and oxygen atoms in total. The summed E-state index contributed by atoms with van der Waals surface area (Å²) in [5.41, 5.74) is 0.377. The van der Waals surface area contributed by atoms with Gasteiger partial charge in [-0.1, -0.05) is 194 Å². The molecule has 0 aliphatic rings. The fourth-order valence-corrected chi connectivity index (χ4v) is 6.48. The molecule has 0 aliphatic heterocycles. The number of hydrogen-bond donors (Lipinski definition) is 0. The maximum Gasteiger partial charge on any atom is 0.0153 e. The lowest BCUT2D eigenvalue weighted by Crippen LogP contribution is -2.45. The van der Waals surface area contributed by atoms with Crippen LogP contribution in [0.1, 0.15) is 227 Å². The van der Waals surface area contributed by atoms with Crippen molar-refractivity contribution in [3.63, 3.8) is 0 Å². The van der Waals surface area contributed by atoms with E-state index >= 15 is 0 Å². The largest absolute Gasteiger partial charge is 0.298 e. The van der Waals surface area contributed by atoms with E-state index in [9.17, 15) is 0 Å². The van der Waals surface area contributed by atoms with E-state index in [0.717, 1.165) is 0 Å². The fraction of sp³-hybridized carbons (Fsp3) is 1.00. The molecule has 0 atom stereocenters. The van der Waals surface area contributed by atoms with E-state index < -0.39 is 0 Å². The van der Waals surface area contributed by atoms with Crippen molar-refractivity contribution in [3.05, 3.63) is 0 Å². The monoisotopic (exact) mass is 550 g/mol. The Balaban J connectivity index is 3.74. The third-order valence-electron chi connectivity index (χ3n) is 9.28. The summed E-state index contributed by atoms with van der Waals surface area (Å²) >= 11 is 0. The van der Waals surface area contributed by atoms with Gasteiger partial charge in [0.25, 0.3) is 0 Å². The molecule has 0 bridgehead atoms. The molecule has 0 aromatic carbocycles. The predicted octanol–water partition coefficient (Wildman–Crippen LogP) is 13.8. The molecule has 0 fully saturated rings. The van der Waals surface area contributed by atoms with Crippen molar-refractivity contribution in [3.8, 4) is 0 Å². The van der Waals surface area contributed by atoms with Crippen LogP contribution in [0.3, 0.4) is 0 Å². The molecular formula is C38H79N. The lowest BCUT2D eigenvalue weighted by Gasteiger charge is -2.39. The molecule has 0 aromatic heterocycles. The van der Waals surface area contributed by atoms with Crippen LogP contribution in [0.5, 0.6) is 0 Å². The first kappa shape index (κ1) is 39.0. The number of nitrogens with zero attached hydrogens (tertiary/aromatic N) is 1. The lowest BCUT2D eigenvalue weighted by atomic mass is 9.95. The molecule has 39 heavy (non-hydrogen) atoms. The molecule has 1 heteroatoms. The minimum Gasteiger partial charge on any atom is -0.298 e. The first-order chi connectivity index (χ1) is 19.1. The number of hydrogen-bond acceptors (Lipinski definition) is 1. The smallest absolute Gasteiger partial charge is 0.0153 e. The topological polar surface area (TPSA) is 3.24 Å². The zero-order valence-corrected chi connectivity index (χ0v) is 28.6. The fourth-order valence-electron chi connectivity index (χ4n) is 6.48. The summed E-state index contributed by atoms with van der Waals surface area (Å²) in [6.07, 6.45) is 43.4. The lowest BCUT2D eigenvalue weighted by molar-refractivity contribution is 0.105. The predicted molar refractivity (Wildman–Crippen MR) is 181 cm³/mol. The molecule has 0 saturated heterocycles. The van der Waals surface area contributed by atoms with Crippen LogP contribution in [0.15, 0.2) is 0 Å². The molecule has 0 rings (SSSR count). The van der Waals surface area contributed by atoms with Gasteiger partial charge in [0.15, 0.2) is 0 Å². The summed E-state index contributed by atoms with van der Waals surface area (Å²) in [7, 11) is 0. The third kappa shape index (κ3) is 27.9. The minimum absolute atomic E-state index is 0.377. The molecule has 236 valence electrons. The average molecular weight is 550 g/mol. The molecule has 0 unspecified atom stereocenters. The number of rotatable bonds is 33. The van der Waals surface area contributed by atoms with Crippen LogP contribution < -0.4 is 0 Å². The van der Waals surface area contributed by atoms with Gasteiger partial charge in [-0.05, 0) is 46.2 Å². The maximum absolute atomic E-state index is 2.86. The summed E-state index contributed by atoms with van der Waals surface area (Å²) < 4.78 is 0. The van der Waals surface area contributed by atoms with Gasteiger partial charge in [0.1, 0.15) is 0 Å². The Labute approximate surface area is 250 Å². The molecule has 0 spiro atoms. The second kappa shape index (κ2) is 30.9. The van der Waals surface area contributed by atoms with Crippen molar-refractivity contribution in [1.82, 2.24) is 4.90 Å². The second-order valence-electron chi connectivity index (χ2n) is 13.7. The van der Waals surface area contributed by atoms with E-state index in [2.05, 4.69) is 39.5 Å². The van der Waals surface area contributed by atoms with Gasteiger partial charge >= 0.3 is 0 Å². The first-order valence-electron chi connectivity index (χ1n) is 18.8. The molecule has 0 aromatic rings. The van der Waals surface area contributed by atoms with Gasteiger partial charge in [-0.25, -0.2) is 0 Å². The Morgan fingerprint density at radius 1 is 0.308 bits per heavy atom. The molecular weight excluding hydrogens is 470 g/mol. The van der Waals surface area contributed by atoms with Crippen LogP contribution in [0.2, 0.25) is 0 Å². The molecule has 0 saturated carbocycles. The molecule has 0 heterocycles. The summed E-state index contributed by atoms with van der Waals surface area (Å²) in [5, 5.41) is 0. The van der Waals surface area contributed by atoms with Gasteiger partial charge in [-0.2, -0.15) is 0 Å². The van der Waals surface area contributed by atoms with E-state index in [1.165, 1.54) is 206 Å². The Hall–Kier alpha value is -0.0400. The van der Waals surface area contributed by atoms with Gasteiger partial charge in [0.05, 0.1) is 0 Å². The van der Waals surface area contributed by atoms with Crippen LogP contribution >= 0.6 is 0 Å². The Morgan fingerprint density at radius 3 is 0.769 bits per heavy atom. The zero-order chi connectivity index (χ0) is 28.7. The standard InChI is InChI=1S/C38H79N/c1-6-9-11-13-15-17-19-21-23-25-27-29-31-33-36-39(38(4,5)35-8-3)37-34-32-30-28-26-24-22-20-18-16-14-12-10-7-2/h6-37H2,1-5H3. The van der Waals surface area contributed by atoms with Crippen molar-refractivity contribution in [2.45, 2.75) is 233 Å². The van der Waals surface area contributed by atoms with E-state index in [-0.39, 0.29) is 0 Å². The van der Waals surface area contributed by atoms with E-state index in [4.69, 9.17) is 0 Å². The van der Waals surface area contributed by atoms with Gasteiger partial charge in [0, 0.05) is 5.54 Å². The summed E-state index contributed by atoms with van der Waals surface area (Å²) in [6, 6.07) is 0. The van der Waals surface area contributed by atoms with Crippen molar-refractivity contribution >= 4 is 0 Å². The van der Waals surface area contributed by atoms with E-state index in [1.807, 2.05) is 0 Å². The Bertz CT molecular complexity index is 410. The van der Waals surface area contributed by atoms with Gasteiger partial charge in [-0.15, -0.1) is 0 Å². The highest BCUT2D eigenvalue weighted by atomic mass is 15.2. The second-order valence-corrected chi connectivity index (χ2v) is 13.7. The molecule has 0 radical (unpaired) electrons. The minimum atomic E-state index is 0.377. The first-order valence-corrected chi connectivity index (χ1v) is 18.8. The highest BCUT2D eigenvalue weighted by Gasteiger charge is 2.24. The van der Waals surface area contributed by atoms with Crippen LogP contribution in [-0.4, -0.2) is 23.5 Å². The SMILES string of the molecule is CCCCCCCCCCCCCCCCN(CCCCCCCCCCCCCCCC)C(C)(C)CCC. The van der Waals surface area contributed by atoms with Crippen molar-refractivity contribution in [1.29, 1.82) is 0 Å². The molecule has 0 aliphatic carbocycles. The molecule has 0 N–H and O–H groups in total. The molecule has 0 amide bonds. The highest BCUT2D eigenvalue weighted by molar-refractivity contribution is 4.81. The zero-order valence-electron chi connectivity index (χ0n) is 28.6. The van der Waals surface area contributed by atoms with Gasteiger partial charge in [0.2, 0.25) is 0 Å². The van der Waals surface area contributed by atoms with E-state index in [0.29, 0.717) is 5.54 Å². The Morgan fingerprint density at radius 2 is 0.538 bits per heavy atom. The van der Waals surface area contributed by atoms with Crippen molar-refractivity contribution in [2.24, 2.45) is 0 Å². The van der Waals surface area contributed by atoms with Crippen LogP contribution in [-0.2, 0) is 0 Å². The summed E-state index contributed by atoms with van der Waals surface area (Å²) in [4.78, 5) is 2.86. The normalized spacial score (nSPS) is 12.2. The van der Waals surface area contributed by atoms with Crippen molar-refractivity contribution in [2.75, 3.05) is 13.1 Å². The highest BCUT2D eigenvalue weighted by Crippen LogP contribution is 2.23. The van der Waals surface area contributed by atoms with E-state index in [1.54, 1.807) is 0 Å². The quantitative estimate of drug-likeness (QED) is 0.0736. The third-order valence-corrected chi connectivity index (χ3v) is 9.28. The summed E-state index contributed by atoms with van der Waals surface area (Å²) in [6.45, 7) is 14.6. The average Bonchev–Trinajstić information content (AvgIpc) is 2.92. The number of unbranched alkanes of at least 4 members (excludes halogenated alkanes) is 26. The van der Waals surface area contributed by atoms with Crippen LogP contribution in [0, 0.1) is 0 Å². The van der Waals surface area contributed by atoms with Crippen LogP contribution in [0.25, 0.3) is 0 Å². The maximum atomic E-state index is 2.86. The van der Waals surface area contributed by atoms with Crippen molar-refractivity contribution < 1.29 is 0 Å². The van der Waals surface area contributed by atoms with Gasteiger partial charge < -0.3 is 0 Å². The Kier molecular flexibility index (Phi) is 30.9. The van der Waals surface area contributed by atoms with Crippen LogP contribution in [0.4, 0.5) is 0 Å².